The number of aromatic amines is 1. The Balaban J connectivity index is 1.47. The second-order valence-electron chi connectivity index (χ2n) is 9.43. The first-order valence-corrected chi connectivity index (χ1v) is 13.5. The first-order chi connectivity index (χ1) is 19.1. The molecule has 0 amide bonds. The van der Waals surface area contributed by atoms with Crippen molar-refractivity contribution in [2.75, 3.05) is 0 Å². The molecule has 39 heavy (non-hydrogen) atoms. The molecule has 0 saturated heterocycles. The van der Waals surface area contributed by atoms with Crippen molar-refractivity contribution in [2.24, 2.45) is 5.10 Å². The molecular formula is C32H25ClN4OS. The molecule has 0 fully saturated rings. The van der Waals surface area contributed by atoms with Crippen LogP contribution in [0.4, 0.5) is 0 Å². The molecular weight excluding hydrogens is 524 g/mol. The van der Waals surface area contributed by atoms with Crippen LogP contribution in [-0.2, 0) is 6.54 Å². The van der Waals surface area contributed by atoms with Gasteiger partial charge in [-0.2, -0.15) is 5.10 Å². The zero-order valence-electron chi connectivity index (χ0n) is 21.0. The summed E-state index contributed by atoms with van der Waals surface area (Å²) in [5.74, 6) is 0. The number of hydrogen-bond acceptors (Lipinski definition) is 3. The van der Waals surface area contributed by atoms with Crippen LogP contribution in [-0.4, -0.2) is 20.8 Å². The van der Waals surface area contributed by atoms with Crippen molar-refractivity contribution in [3.63, 3.8) is 0 Å². The number of fused-ring (bicyclic) bond motifs is 1. The Kier molecular flexibility index (Phi) is 6.97. The molecule has 0 saturated carbocycles. The molecule has 1 unspecified atom stereocenters. The van der Waals surface area contributed by atoms with E-state index in [-0.39, 0.29) is 11.6 Å². The van der Waals surface area contributed by atoms with Crippen molar-refractivity contribution in [3.8, 4) is 11.1 Å². The van der Waals surface area contributed by atoms with Gasteiger partial charge in [0.15, 0.2) is 5.11 Å². The van der Waals surface area contributed by atoms with E-state index in [4.69, 9.17) is 28.9 Å². The summed E-state index contributed by atoms with van der Waals surface area (Å²) in [6.07, 6.45) is 0.520. The number of hydrogen-bond donors (Lipinski definition) is 2. The van der Waals surface area contributed by atoms with Crippen LogP contribution in [0.3, 0.4) is 0 Å². The quantitative estimate of drug-likeness (QED) is 0.230. The number of nitrogens with one attached hydrogen (secondary N) is 2. The number of pyridine rings is 1. The number of nitrogens with zero attached hydrogens (tertiary/aromatic N) is 2. The van der Waals surface area contributed by atoms with Gasteiger partial charge in [-0.15, -0.1) is 0 Å². The van der Waals surface area contributed by atoms with Crippen LogP contribution >= 0.6 is 23.8 Å². The molecule has 7 heteroatoms. The fourth-order valence-corrected chi connectivity index (χ4v) is 5.50. The zero-order chi connectivity index (χ0) is 26.8. The molecule has 5 aromatic rings. The van der Waals surface area contributed by atoms with Crippen molar-refractivity contribution < 1.29 is 0 Å². The number of aromatic nitrogens is 1. The Morgan fingerprint density at radius 2 is 1.59 bits per heavy atom. The Labute approximate surface area is 236 Å². The number of thiocarbonyl (C=S) groups is 1. The van der Waals surface area contributed by atoms with Gasteiger partial charge in [0.1, 0.15) is 0 Å². The van der Waals surface area contributed by atoms with E-state index in [9.17, 15) is 4.79 Å². The largest absolute Gasteiger partial charge is 0.357 e. The summed E-state index contributed by atoms with van der Waals surface area (Å²) < 4.78 is 0. The smallest absolute Gasteiger partial charge is 0.258 e. The second kappa shape index (κ2) is 10.8. The fourth-order valence-electron chi connectivity index (χ4n) is 5.08. The maximum absolute atomic E-state index is 13.7. The highest BCUT2D eigenvalue weighted by Gasteiger charge is 2.34. The lowest BCUT2D eigenvalue weighted by atomic mass is 9.91. The number of halogens is 1. The fraction of sp³-hybridized carbons (Fsp3) is 0.0938. The standard InChI is InChI=1S/C32H25ClN4OS/c33-24-16-17-26-25(18-24)29(23-14-8-3-9-15-23)30(31(38)35-26)27-19-28(22-12-6-2-7-13-22)37(36-27)32(39)34-20-21-10-4-1-5-11-21/h1-18,28H,19-20H2,(H,34,39)(H,35,38). The molecule has 0 bridgehead atoms. The van der Waals surface area contributed by atoms with E-state index in [2.05, 4.69) is 34.6 Å². The molecule has 0 spiro atoms. The maximum Gasteiger partial charge on any atom is 0.258 e. The molecule has 2 N–H and O–H groups in total. The van der Waals surface area contributed by atoms with Crippen LogP contribution in [0.25, 0.3) is 22.0 Å². The van der Waals surface area contributed by atoms with E-state index < -0.39 is 0 Å². The third kappa shape index (κ3) is 5.09. The average Bonchev–Trinajstić information content (AvgIpc) is 3.42. The van der Waals surface area contributed by atoms with E-state index in [1.807, 2.05) is 83.9 Å². The van der Waals surface area contributed by atoms with Crippen LogP contribution in [0.5, 0.6) is 0 Å². The van der Waals surface area contributed by atoms with E-state index in [1.165, 1.54) is 0 Å². The normalized spacial score (nSPS) is 14.8. The van der Waals surface area contributed by atoms with Crippen molar-refractivity contribution in [1.29, 1.82) is 0 Å². The van der Waals surface area contributed by atoms with Crippen molar-refractivity contribution >= 4 is 45.5 Å². The summed E-state index contributed by atoms with van der Waals surface area (Å²) in [6.45, 7) is 0.576. The topological polar surface area (TPSA) is 60.5 Å². The van der Waals surface area contributed by atoms with Gasteiger partial charge < -0.3 is 10.3 Å². The van der Waals surface area contributed by atoms with Gasteiger partial charge in [0.25, 0.3) is 5.56 Å². The molecule has 4 aromatic carbocycles. The van der Waals surface area contributed by atoms with E-state index >= 15 is 0 Å². The van der Waals surface area contributed by atoms with E-state index in [1.54, 1.807) is 6.07 Å². The molecule has 1 atom stereocenters. The first-order valence-electron chi connectivity index (χ1n) is 12.7. The Morgan fingerprint density at radius 1 is 0.923 bits per heavy atom. The summed E-state index contributed by atoms with van der Waals surface area (Å²) in [4.78, 5) is 16.7. The highest BCUT2D eigenvalue weighted by Crippen LogP contribution is 2.37. The van der Waals surface area contributed by atoms with Gasteiger partial charge in [-0.3, -0.25) is 4.79 Å². The molecule has 1 aromatic heterocycles. The monoisotopic (exact) mass is 548 g/mol. The van der Waals surface area contributed by atoms with Crippen molar-refractivity contribution in [3.05, 3.63) is 141 Å². The minimum Gasteiger partial charge on any atom is -0.357 e. The summed E-state index contributed by atoms with van der Waals surface area (Å²) in [7, 11) is 0. The van der Waals surface area contributed by atoms with Gasteiger partial charge in [0.05, 0.1) is 17.3 Å². The lowest BCUT2D eigenvalue weighted by Gasteiger charge is -2.25. The predicted octanol–water partition coefficient (Wildman–Crippen LogP) is 7.07. The summed E-state index contributed by atoms with van der Waals surface area (Å²) in [5, 5.41) is 12.2. The summed E-state index contributed by atoms with van der Waals surface area (Å²) >= 11 is 12.3. The Hall–Kier alpha value is -4.26. The highest BCUT2D eigenvalue weighted by molar-refractivity contribution is 7.80. The third-order valence-electron chi connectivity index (χ3n) is 6.92. The maximum atomic E-state index is 13.7. The minimum atomic E-state index is -0.195. The van der Waals surface area contributed by atoms with Crippen LogP contribution in [0.2, 0.25) is 5.02 Å². The van der Waals surface area contributed by atoms with Gasteiger partial charge >= 0.3 is 0 Å². The number of hydrazone groups is 1. The second-order valence-corrected chi connectivity index (χ2v) is 10.2. The number of H-pyrrole nitrogens is 1. The van der Waals surface area contributed by atoms with Crippen LogP contribution < -0.4 is 10.9 Å². The molecule has 192 valence electrons. The molecule has 6 rings (SSSR count). The summed E-state index contributed by atoms with van der Waals surface area (Å²) in [5.41, 5.74) is 5.66. The van der Waals surface area contributed by atoms with Gasteiger partial charge in [0, 0.05) is 34.5 Å². The number of benzene rings is 4. The van der Waals surface area contributed by atoms with E-state index in [0.29, 0.717) is 34.4 Å². The van der Waals surface area contributed by atoms with Gasteiger partial charge in [-0.25, -0.2) is 5.01 Å². The summed E-state index contributed by atoms with van der Waals surface area (Å²) in [6, 6.07) is 35.5. The number of rotatable bonds is 5. The van der Waals surface area contributed by atoms with Crippen LogP contribution in [0.1, 0.15) is 29.2 Å². The molecule has 5 nitrogen and oxygen atoms in total. The Morgan fingerprint density at radius 3 is 2.31 bits per heavy atom. The lowest BCUT2D eigenvalue weighted by Crippen LogP contribution is -2.36. The van der Waals surface area contributed by atoms with E-state index in [0.717, 1.165) is 33.2 Å². The van der Waals surface area contributed by atoms with Gasteiger partial charge in [-0.05, 0) is 47.1 Å². The predicted molar refractivity (Wildman–Crippen MR) is 163 cm³/mol. The highest BCUT2D eigenvalue weighted by atomic mass is 35.5. The van der Waals surface area contributed by atoms with Gasteiger partial charge in [0.2, 0.25) is 0 Å². The Bertz CT molecular complexity index is 1740. The average molecular weight is 549 g/mol. The third-order valence-corrected chi connectivity index (χ3v) is 7.48. The first kappa shape index (κ1) is 25.0. The van der Waals surface area contributed by atoms with Crippen LogP contribution in [0.15, 0.2) is 119 Å². The minimum absolute atomic E-state index is 0.157. The SMILES string of the molecule is O=c1[nH]c2ccc(Cl)cc2c(-c2ccccc2)c1C1=NN(C(=S)NCc2ccccc2)C(c2ccccc2)C1. The molecule has 2 heterocycles. The molecule has 0 radical (unpaired) electrons. The lowest BCUT2D eigenvalue weighted by molar-refractivity contribution is 0.364. The van der Waals surface area contributed by atoms with Crippen molar-refractivity contribution in [1.82, 2.24) is 15.3 Å². The molecule has 0 aliphatic carbocycles. The molecule has 1 aliphatic rings. The van der Waals surface area contributed by atoms with Crippen LogP contribution in [0, 0.1) is 0 Å². The van der Waals surface area contributed by atoms with Crippen molar-refractivity contribution in [2.45, 2.75) is 19.0 Å². The van der Waals surface area contributed by atoms with Gasteiger partial charge in [-0.1, -0.05) is 103 Å². The molecule has 1 aliphatic heterocycles. The zero-order valence-corrected chi connectivity index (χ0v) is 22.5.